The monoisotopic (exact) mass is 348 g/mol. The molecule has 1 aromatic heterocycles. The molecule has 1 amide bonds. The molecule has 1 heterocycles. The van der Waals surface area contributed by atoms with Gasteiger partial charge in [-0.25, -0.2) is 9.97 Å². The molecule has 0 fully saturated rings. The number of amides is 1. The van der Waals surface area contributed by atoms with Crippen molar-refractivity contribution in [2.75, 3.05) is 17.2 Å². The zero-order valence-electron chi connectivity index (χ0n) is 12.0. The van der Waals surface area contributed by atoms with E-state index in [-0.39, 0.29) is 5.91 Å². The van der Waals surface area contributed by atoms with Gasteiger partial charge in [-0.05, 0) is 43.2 Å². The number of halogens is 1. The van der Waals surface area contributed by atoms with E-state index in [0.29, 0.717) is 11.6 Å². The summed E-state index contributed by atoms with van der Waals surface area (Å²) in [7, 11) is 0. The lowest BCUT2D eigenvalue weighted by molar-refractivity contribution is 0.102. The van der Waals surface area contributed by atoms with Gasteiger partial charge >= 0.3 is 0 Å². The predicted molar refractivity (Wildman–Crippen MR) is 87.6 cm³/mol. The minimum atomic E-state index is -0.251. The van der Waals surface area contributed by atoms with E-state index in [1.807, 2.05) is 25.1 Å². The van der Waals surface area contributed by atoms with E-state index in [2.05, 4.69) is 43.5 Å². The SMILES string of the molecule is CCCNc1nccc(C(=O)Nc2ccc(Br)c(C)c2)n1. The van der Waals surface area contributed by atoms with Gasteiger partial charge in [-0.2, -0.15) is 0 Å². The average Bonchev–Trinajstić information content (AvgIpc) is 2.49. The number of nitrogens with one attached hydrogen (secondary N) is 2. The van der Waals surface area contributed by atoms with E-state index in [1.165, 1.54) is 0 Å². The van der Waals surface area contributed by atoms with Gasteiger partial charge in [0, 0.05) is 22.9 Å². The Balaban J connectivity index is 2.10. The third-order valence-corrected chi connectivity index (χ3v) is 3.73. The van der Waals surface area contributed by atoms with Crippen LogP contribution in [0.1, 0.15) is 29.4 Å². The van der Waals surface area contributed by atoms with Crippen LogP contribution in [0, 0.1) is 6.92 Å². The number of rotatable bonds is 5. The minimum absolute atomic E-state index is 0.251. The number of hydrogen-bond donors (Lipinski definition) is 2. The Labute approximate surface area is 132 Å². The molecule has 21 heavy (non-hydrogen) atoms. The molecule has 0 aliphatic heterocycles. The Kier molecular flexibility index (Phi) is 5.27. The molecule has 0 saturated carbocycles. The van der Waals surface area contributed by atoms with E-state index in [0.717, 1.165) is 28.7 Å². The number of benzene rings is 1. The maximum absolute atomic E-state index is 12.2. The van der Waals surface area contributed by atoms with Crippen LogP contribution in [0.5, 0.6) is 0 Å². The van der Waals surface area contributed by atoms with Gasteiger partial charge in [0.25, 0.3) is 5.91 Å². The Morgan fingerprint density at radius 3 is 2.86 bits per heavy atom. The lowest BCUT2D eigenvalue weighted by Gasteiger charge is -2.08. The molecule has 0 saturated heterocycles. The molecule has 0 aliphatic carbocycles. The van der Waals surface area contributed by atoms with Crippen molar-refractivity contribution in [1.29, 1.82) is 0 Å². The van der Waals surface area contributed by atoms with Crippen LogP contribution >= 0.6 is 15.9 Å². The lowest BCUT2D eigenvalue weighted by Crippen LogP contribution is -2.15. The fourth-order valence-electron chi connectivity index (χ4n) is 1.72. The third kappa shape index (κ3) is 4.26. The first-order valence-electron chi connectivity index (χ1n) is 6.74. The van der Waals surface area contributed by atoms with Crippen LogP contribution in [0.15, 0.2) is 34.9 Å². The summed E-state index contributed by atoms with van der Waals surface area (Å²) in [6, 6.07) is 7.24. The van der Waals surface area contributed by atoms with Crippen molar-refractivity contribution in [3.05, 3.63) is 46.2 Å². The molecule has 110 valence electrons. The summed E-state index contributed by atoms with van der Waals surface area (Å²) in [5, 5.41) is 5.89. The van der Waals surface area contributed by atoms with E-state index in [9.17, 15) is 4.79 Å². The molecule has 0 bridgehead atoms. The first kappa shape index (κ1) is 15.4. The number of nitrogens with zero attached hydrogens (tertiary/aromatic N) is 2. The molecule has 0 atom stereocenters. The summed E-state index contributed by atoms with van der Waals surface area (Å²) in [5.74, 6) is 0.218. The summed E-state index contributed by atoms with van der Waals surface area (Å²) in [6.07, 6.45) is 2.55. The van der Waals surface area contributed by atoms with Crippen LogP contribution in [0.3, 0.4) is 0 Å². The summed E-state index contributed by atoms with van der Waals surface area (Å²) in [4.78, 5) is 20.5. The van der Waals surface area contributed by atoms with E-state index in [4.69, 9.17) is 0 Å². The van der Waals surface area contributed by atoms with E-state index >= 15 is 0 Å². The molecule has 2 N–H and O–H groups in total. The van der Waals surface area contributed by atoms with E-state index in [1.54, 1.807) is 12.3 Å². The molecule has 0 radical (unpaired) electrons. The van der Waals surface area contributed by atoms with Gasteiger partial charge < -0.3 is 10.6 Å². The van der Waals surface area contributed by atoms with Gasteiger partial charge in [0.05, 0.1) is 0 Å². The Morgan fingerprint density at radius 1 is 1.33 bits per heavy atom. The number of hydrogen-bond acceptors (Lipinski definition) is 4. The molecular formula is C15H17BrN4O. The minimum Gasteiger partial charge on any atom is -0.354 e. The third-order valence-electron chi connectivity index (χ3n) is 2.84. The molecule has 2 rings (SSSR count). The van der Waals surface area contributed by atoms with Gasteiger partial charge in [-0.3, -0.25) is 4.79 Å². The smallest absolute Gasteiger partial charge is 0.274 e. The normalized spacial score (nSPS) is 10.2. The van der Waals surface area contributed by atoms with Crippen LogP contribution in [-0.2, 0) is 0 Å². The van der Waals surface area contributed by atoms with Crippen molar-refractivity contribution < 1.29 is 4.79 Å². The van der Waals surface area contributed by atoms with Gasteiger partial charge in [0.15, 0.2) is 0 Å². The van der Waals surface area contributed by atoms with Crippen LogP contribution in [0.25, 0.3) is 0 Å². The average molecular weight is 349 g/mol. The highest BCUT2D eigenvalue weighted by Gasteiger charge is 2.09. The molecule has 2 aromatic rings. The number of anilines is 2. The highest BCUT2D eigenvalue weighted by atomic mass is 79.9. The summed E-state index contributed by atoms with van der Waals surface area (Å²) in [6.45, 7) is 4.80. The standard InChI is InChI=1S/C15H17BrN4O/c1-3-7-17-15-18-8-6-13(20-15)14(21)19-11-4-5-12(16)10(2)9-11/h4-6,8-9H,3,7H2,1-2H3,(H,19,21)(H,17,18,20). The Bertz CT molecular complexity index is 645. The molecule has 1 aromatic carbocycles. The Morgan fingerprint density at radius 2 is 2.14 bits per heavy atom. The quantitative estimate of drug-likeness (QED) is 0.865. The van der Waals surface area contributed by atoms with Gasteiger partial charge in [-0.15, -0.1) is 0 Å². The largest absolute Gasteiger partial charge is 0.354 e. The van der Waals surface area contributed by atoms with Crippen LogP contribution in [0.4, 0.5) is 11.6 Å². The number of aryl methyl sites for hydroxylation is 1. The van der Waals surface area contributed by atoms with Crippen molar-refractivity contribution in [2.24, 2.45) is 0 Å². The van der Waals surface area contributed by atoms with Crippen molar-refractivity contribution in [1.82, 2.24) is 9.97 Å². The zero-order chi connectivity index (χ0) is 15.2. The topological polar surface area (TPSA) is 66.9 Å². The predicted octanol–water partition coefficient (Wildman–Crippen LogP) is 3.62. The highest BCUT2D eigenvalue weighted by Crippen LogP contribution is 2.20. The highest BCUT2D eigenvalue weighted by molar-refractivity contribution is 9.10. The van der Waals surface area contributed by atoms with Crippen LogP contribution in [0.2, 0.25) is 0 Å². The van der Waals surface area contributed by atoms with Gasteiger partial charge in [0.1, 0.15) is 5.69 Å². The van der Waals surface area contributed by atoms with Gasteiger partial charge in [-0.1, -0.05) is 22.9 Å². The number of carbonyl (C=O) groups excluding carboxylic acids is 1. The zero-order valence-corrected chi connectivity index (χ0v) is 13.6. The fourth-order valence-corrected chi connectivity index (χ4v) is 1.97. The molecular weight excluding hydrogens is 332 g/mol. The van der Waals surface area contributed by atoms with Crippen LogP contribution < -0.4 is 10.6 Å². The number of aromatic nitrogens is 2. The van der Waals surface area contributed by atoms with Crippen molar-refractivity contribution >= 4 is 33.5 Å². The maximum atomic E-state index is 12.2. The second-order valence-electron chi connectivity index (χ2n) is 4.61. The van der Waals surface area contributed by atoms with Crippen molar-refractivity contribution in [3.8, 4) is 0 Å². The molecule has 5 nitrogen and oxygen atoms in total. The Hall–Kier alpha value is -1.95. The lowest BCUT2D eigenvalue weighted by atomic mass is 10.2. The molecule has 0 aliphatic rings. The fraction of sp³-hybridized carbons (Fsp3) is 0.267. The van der Waals surface area contributed by atoms with Crippen molar-refractivity contribution in [3.63, 3.8) is 0 Å². The summed E-state index contributed by atoms with van der Waals surface area (Å²) < 4.78 is 1.01. The first-order valence-corrected chi connectivity index (χ1v) is 7.54. The van der Waals surface area contributed by atoms with Crippen LogP contribution in [-0.4, -0.2) is 22.4 Å². The summed E-state index contributed by atoms with van der Waals surface area (Å²) in [5.41, 5.74) is 2.13. The second-order valence-corrected chi connectivity index (χ2v) is 5.46. The maximum Gasteiger partial charge on any atom is 0.274 e. The molecule has 6 heteroatoms. The number of carbonyl (C=O) groups is 1. The molecule has 0 spiro atoms. The first-order chi connectivity index (χ1) is 10.1. The van der Waals surface area contributed by atoms with Crippen molar-refractivity contribution in [2.45, 2.75) is 20.3 Å². The summed E-state index contributed by atoms with van der Waals surface area (Å²) >= 11 is 3.43. The molecule has 0 unspecified atom stereocenters. The second kappa shape index (κ2) is 7.17. The van der Waals surface area contributed by atoms with Gasteiger partial charge in [0.2, 0.25) is 5.95 Å². The van der Waals surface area contributed by atoms with E-state index < -0.39 is 0 Å².